The number of rotatable bonds is 6. The van der Waals surface area contributed by atoms with Crippen LogP contribution in [0.5, 0.6) is 5.75 Å². The van der Waals surface area contributed by atoms with E-state index in [4.69, 9.17) is 14.4 Å². The molecule has 0 aliphatic rings. The molecule has 1 heterocycles. The van der Waals surface area contributed by atoms with E-state index in [1.165, 1.54) is 12.1 Å². The van der Waals surface area contributed by atoms with E-state index in [9.17, 15) is 13.6 Å². The quantitative estimate of drug-likeness (QED) is 0.695. The Bertz CT molecular complexity index is 890. The van der Waals surface area contributed by atoms with Crippen molar-refractivity contribution in [3.8, 4) is 17.0 Å². The van der Waals surface area contributed by atoms with E-state index in [0.29, 0.717) is 22.8 Å². The molecule has 6 nitrogen and oxygen atoms in total. The van der Waals surface area contributed by atoms with Gasteiger partial charge in [-0.1, -0.05) is 5.16 Å². The molecule has 1 amide bonds. The molecule has 0 atom stereocenters. The van der Waals surface area contributed by atoms with E-state index in [1.807, 2.05) is 0 Å². The lowest BCUT2D eigenvalue weighted by Crippen LogP contribution is -2.19. The highest BCUT2D eigenvalue weighted by molar-refractivity contribution is 5.64. The maximum absolute atomic E-state index is 13.1. The molecule has 8 heteroatoms. The van der Waals surface area contributed by atoms with Gasteiger partial charge in [0.15, 0.2) is 5.76 Å². The number of nitrogens with one attached hydrogen (secondary N) is 1. The first-order valence-electron chi connectivity index (χ1n) is 7.60. The third-order valence-electron chi connectivity index (χ3n) is 3.45. The second-order valence-electron chi connectivity index (χ2n) is 5.43. The summed E-state index contributed by atoms with van der Waals surface area (Å²) in [5, 5.41) is 14.6. The van der Waals surface area contributed by atoms with Crippen LogP contribution in [0.15, 0.2) is 53.1 Å². The minimum absolute atomic E-state index is 0.0216. The molecule has 134 valence electrons. The largest absolute Gasteiger partial charge is 0.489 e. The van der Waals surface area contributed by atoms with Crippen molar-refractivity contribution in [3.05, 3.63) is 71.5 Å². The average Bonchev–Trinajstić information content (AvgIpc) is 3.07. The van der Waals surface area contributed by atoms with Gasteiger partial charge in [0.1, 0.15) is 29.7 Å². The molecular weight excluding hydrogens is 346 g/mol. The van der Waals surface area contributed by atoms with Gasteiger partial charge in [0.25, 0.3) is 0 Å². The molecule has 0 aliphatic carbocycles. The van der Waals surface area contributed by atoms with Gasteiger partial charge in [-0.15, -0.1) is 0 Å². The van der Waals surface area contributed by atoms with E-state index >= 15 is 0 Å². The molecular formula is C18H14F2N2O4. The zero-order valence-corrected chi connectivity index (χ0v) is 13.4. The Balaban J connectivity index is 1.62. The first-order chi connectivity index (χ1) is 12.5. The fourth-order valence-corrected chi connectivity index (χ4v) is 2.28. The molecule has 3 aromatic rings. The monoisotopic (exact) mass is 360 g/mol. The summed E-state index contributed by atoms with van der Waals surface area (Å²) in [7, 11) is 0. The molecule has 0 spiro atoms. The van der Waals surface area contributed by atoms with Crippen LogP contribution in [0.3, 0.4) is 0 Å². The van der Waals surface area contributed by atoms with Crippen LogP contribution in [0.2, 0.25) is 0 Å². The Morgan fingerprint density at radius 2 is 1.81 bits per heavy atom. The fraction of sp³-hybridized carbons (Fsp3) is 0.111. The van der Waals surface area contributed by atoms with Gasteiger partial charge in [-0.25, -0.2) is 13.6 Å². The van der Waals surface area contributed by atoms with Crippen LogP contribution >= 0.6 is 0 Å². The summed E-state index contributed by atoms with van der Waals surface area (Å²) in [6.45, 7) is 0.0523. The van der Waals surface area contributed by atoms with Gasteiger partial charge in [0, 0.05) is 17.7 Å². The highest BCUT2D eigenvalue weighted by Gasteiger charge is 2.08. The molecule has 0 bridgehead atoms. The van der Waals surface area contributed by atoms with Crippen molar-refractivity contribution in [3.63, 3.8) is 0 Å². The molecule has 0 aliphatic heterocycles. The first-order valence-corrected chi connectivity index (χ1v) is 7.60. The highest BCUT2D eigenvalue weighted by atomic mass is 19.1. The molecule has 0 radical (unpaired) electrons. The number of carboxylic acid groups (broad SMARTS) is 1. The highest BCUT2D eigenvalue weighted by Crippen LogP contribution is 2.23. The zero-order valence-electron chi connectivity index (χ0n) is 13.4. The molecule has 1 aromatic heterocycles. The van der Waals surface area contributed by atoms with E-state index < -0.39 is 17.7 Å². The minimum Gasteiger partial charge on any atom is -0.489 e. The number of hydrogen-bond donors (Lipinski definition) is 2. The van der Waals surface area contributed by atoms with Gasteiger partial charge >= 0.3 is 6.09 Å². The van der Waals surface area contributed by atoms with Crippen LogP contribution < -0.4 is 10.1 Å². The smallest absolute Gasteiger partial charge is 0.405 e. The zero-order chi connectivity index (χ0) is 18.5. The Kier molecular flexibility index (Phi) is 5.12. The lowest BCUT2D eigenvalue weighted by Gasteiger charge is -2.07. The second-order valence-corrected chi connectivity index (χ2v) is 5.43. The number of halogens is 2. The summed E-state index contributed by atoms with van der Waals surface area (Å²) >= 11 is 0. The van der Waals surface area contributed by atoms with Crippen molar-refractivity contribution < 1.29 is 27.9 Å². The number of carbonyl (C=O) groups is 1. The lowest BCUT2D eigenvalue weighted by atomic mass is 10.1. The lowest BCUT2D eigenvalue weighted by molar-refractivity contribution is 0.192. The van der Waals surface area contributed by atoms with Gasteiger partial charge in [-0.05, 0) is 42.0 Å². The maximum atomic E-state index is 13.1. The Morgan fingerprint density at radius 3 is 2.46 bits per heavy atom. The van der Waals surface area contributed by atoms with Gasteiger partial charge in [-0.2, -0.15) is 0 Å². The van der Waals surface area contributed by atoms with E-state index in [0.717, 1.165) is 11.6 Å². The van der Waals surface area contributed by atoms with Crippen molar-refractivity contribution in [2.75, 3.05) is 0 Å². The van der Waals surface area contributed by atoms with Gasteiger partial charge in [-0.3, -0.25) is 0 Å². The standard InChI is InChI=1S/C18H14F2N2O4/c19-13-5-11(6-14(20)7-13)10-25-15-3-1-12(2-4-15)17-8-16(26-22-17)9-21-18(23)24/h1-8,21H,9-10H2,(H,23,24). The SMILES string of the molecule is O=C(O)NCc1cc(-c2ccc(OCc3cc(F)cc(F)c3)cc2)no1. The van der Waals surface area contributed by atoms with E-state index in [-0.39, 0.29) is 13.2 Å². The average molecular weight is 360 g/mol. The molecule has 0 saturated heterocycles. The number of hydrogen-bond acceptors (Lipinski definition) is 4. The third kappa shape index (κ3) is 4.56. The van der Waals surface area contributed by atoms with E-state index in [2.05, 4.69) is 10.5 Å². The maximum Gasteiger partial charge on any atom is 0.405 e. The van der Waals surface area contributed by atoms with E-state index in [1.54, 1.807) is 30.3 Å². The van der Waals surface area contributed by atoms with Gasteiger partial charge in [0.2, 0.25) is 0 Å². The number of amides is 1. The van der Waals surface area contributed by atoms with Crippen LogP contribution in [-0.4, -0.2) is 16.4 Å². The fourth-order valence-electron chi connectivity index (χ4n) is 2.28. The van der Waals surface area contributed by atoms with Crippen LogP contribution in [0.1, 0.15) is 11.3 Å². The number of ether oxygens (including phenoxy) is 1. The molecule has 0 unspecified atom stereocenters. The van der Waals surface area contributed by atoms with Crippen molar-refractivity contribution in [2.24, 2.45) is 0 Å². The molecule has 26 heavy (non-hydrogen) atoms. The Hall–Kier alpha value is -3.42. The molecule has 3 rings (SSSR count). The predicted octanol–water partition coefficient (Wildman–Crippen LogP) is 3.97. The van der Waals surface area contributed by atoms with Crippen LogP contribution in [-0.2, 0) is 13.2 Å². The minimum atomic E-state index is -1.15. The summed E-state index contributed by atoms with van der Waals surface area (Å²) in [5.74, 6) is -0.401. The normalized spacial score (nSPS) is 10.5. The summed E-state index contributed by atoms with van der Waals surface area (Å²) in [6.07, 6.45) is -1.15. The van der Waals surface area contributed by atoms with Gasteiger partial charge in [0.05, 0.1) is 6.54 Å². The first kappa shape index (κ1) is 17.4. The summed E-state index contributed by atoms with van der Waals surface area (Å²) in [4.78, 5) is 10.5. The molecule has 2 aromatic carbocycles. The Labute approximate surface area is 147 Å². The topological polar surface area (TPSA) is 84.6 Å². The van der Waals surface area contributed by atoms with Crippen molar-refractivity contribution >= 4 is 6.09 Å². The van der Waals surface area contributed by atoms with Crippen LogP contribution in [0.4, 0.5) is 13.6 Å². The predicted molar refractivity (Wildman–Crippen MR) is 87.5 cm³/mol. The second kappa shape index (κ2) is 7.64. The summed E-state index contributed by atoms with van der Waals surface area (Å²) in [6, 6.07) is 11.7. The molecule has 0 saturated carbocycles. The summed E-state index contributed by atoms with van der Waals surface area (Å²) in [5.41, 5.74) is 1.68. The number of nitrogens with zero attached hydrogens (tertiary/aromatic N) is 1. The molecule has 2 N–H and O–H groups in total. The van der Waals surface area contributed by atoms with Crippen LogP contribution in [0, 0.1) is 11.6 Å². The Morgan fingerprint density at radius 1 is 1.12 bits per heavy atom. The summed E-state index contributed by atoms with van der Waals surface area (Å²) < 4.78 is 36.9. The number of aromatic nitrogens is 1. The van der Waals surface area contributed by atoms with Crippen molar-refractivity contribution in [1.29, 1.82) is 0 Å². The third-order valence-corrected chi connectivity index (χ3v) is 3.45. The van der Waals surface area contributed by atoms with Gasteiger partial charge < -0.3 is 19.7 Å². The van der Waals surface area contributed by atoms with Crippen LogP contribution in [0.25, 0.3) is 11.3 Å². The molecule has 0 fully saturated rings. The van der Waals surface area contributed by atoms with Crippen molar-refractivity contribution in [2.45, 2.75) is 13.2 Å². The van der Waals surface area contributed by atoms with Crippen molar-refractivity contribution in [1.82, 2.24) is 10.5 Å². The number of benzene rings is 2.